The number of piperidine rings is 1. The lowest BCUT2D eigenvalue weighted by Crippen LogP contribution is -2.42. The molecule has 2 N–H and O–H groups in total. The first-order valence-corrected chi connectivity index (χ1v) is 14.2. The van der Waals surface area contributed by atoms with Crippen molar-refractivity contribution in [3.63, 3.8) is 0 Å². The second kappa shape index (κ2) is 12.8. The SMILES string of the molecule is COc1ccc2ncc(Cl)c(C(O)CCC3(CO)CCN(CCCSc4ccc(Cl)cc4)CC3)c2c1. The van der Waals surface area contributed by atoms with Gasteiger partial charge in [0, 0.05) is 33.7 Å². The smallest absolute Gasteiger partial charge is 0.119 e. The second-order valence-corrected chi connectivity index (χ2v) is 11.6. The van der Waals surface area contributed by atoms with Gasteiger partial charge in [-0.2, -0.15) is 0 Å². The Morgan fingerprint density at radius 2 is 1.89 bits per heavy atom. The van der Waals surface area contributed by atoms with Crippen molar-refractivity contribution >= 4 is 45.9 Å². The number of rotatable bonds is 11. The Kier molecular flexibility index (Phi) is 9.78. The van der Waals surface area contributed by atoms with Gasteiger partial charge in [-0.05, 0) is 105 Å². The number of methoxy groups -OCH3 is 1. The predicted octanol–water partition coefficient (Wildman–Crippen LogP) is 6.62. The highest BCUT2D eigenvalue weighted by Gasteiger charge is 2.34. The number of nitrogens with zero attached hydrogens (tertiary/aromatic N) is 2. The lowest BCUT2D eigenvalue weighted by atomic mass is 9.74. The highest BCUT2D eigenvalue weighted by atomic mass is 35.5. The molecule has 1 aliphatic heterocycles. The van der Waals surface area contributed by atoms with E-state index < -0.39 is 6.10 Å². The first-order valence-electron chi connectivity index (χ1n) is 12.4. The molecule has 0 aliphatic carbocycles. The molecule has 1 aromatic heterocycles. The minimum absolute atomic E-state index is 0.138. The predicted molar refractivity (Wildman–Crippen MR) is 149 cm³/mol. The molecule has 0 radical (unpaired) electrons. The van der Waals surface area contributed by atoms with Gasteiger partial charge in [0.25, 0.3) is 0 Å². The molecule has 3 aromatic rings. The average Bonchev–Trinajstić information content (AvgIpc) is 2.91. The molecule has 4 rings (SSSR count). The molecular formula is C28H34Cl2N2O3S. The number of aliphatic hydroxyl groups is 2. The van der Waals surface area contributed by atoms with E-state index in [1.807, 2.05) is 42.1 Å². The molecule has 1 unspecified atom stereocenters. The van der Waals surface area contributed by atoms with Crippen LogP contribution in [0.5, 0.6) is 5.75 Å². The van der Waals surface area contributed by atoms with Crippen molar-refractivity contribution in [2.24, 2.45) is 5.41 Å². The van der Waals surface area contributed by atoms with Crippen molar-refractivity contribution in [3.8, 4) is 5.75 Å². The van der Waals surface area contributed by atoms with Crippen LogP contribution in [0.15, 0.2) is 53.6 Å². The van der Waals surface area contributed by atoms with E-state index >= 15 is 0 Å². The Hall–Kier alpha value is -1.54. The summed E-state index contributed by atoms with van der Waals surface area (Å²) >= 11 is 14.3. The fourth-order valence-corrected chi connectivity index (χ4v) is 6.21. The number of aromatic nitrogens is 1. The largest absolute Gasteiger partial charge is 0.497 e. The Morgan fingerprint density at radius 1 is 1.14 bits per heavy atom. The van der Waals surface area contributed by atoms with Crippen molar-refractivity contribution in [2.75, 3.05) is 39.1 Å². The third kappa shape index (κ3) is 6.85. The summed E-state index contributed by atoms with van der Waals surface area (Å²) in [7, 11) is 1.62. The number of hydrogen-bond acceptors (Lipinski definition) is 6. The van der Waals surface area contributed by atoms with Crippen LogP contribution in [0.2, 0.25) is 10.0 Å². The summed E-state index contributed by atoms with van der Waals surface area (Å²) in [5, 5.41) is 23.5. The monoisotopic (exact) mass is 548 g/mol. The molecule has 194 valence electrons. The van der Waals surface area contributed by atoms with Gasteiger partial charge >= 0.3 is 0 Å². The number of halogens is 2. The van der Waals surface area contributed by atoms with Crippen molar-refractivity contribution in [1.29, 1.82) is 0 Å². The number of ether oxygens (including phenoxy) is 1. The van der Waals surface area contributed by atoms with Gasteiger partial charge in [-0.1, -0.05) is 23.2 Å². The Labute approximate surface area is 227 Å². The molecule has 1 fully saturated rings. The van der Waals surface area contributed by atoms with Crippen LogP contribution in [-0.4, -0.2) is 59.2 Å². The third-order valence-corrected chi connectivity index (χ3v) is 8.95. The summed E-state index contributed by atoms with van der Waals surface area (Å²) in [6, 6.07) is 13.6. The van der Waals surface area contributed by atoms with E-state index in [2.05, 4.69) is 22.0 Å². The first kappa shape index (κ1) is 27.5. The van der Waals surface area contributed by atoms with Gasteiger partial charge in [0.1, 0.15) is 5.75 Å². The minimum atomic E-state index is -0.735. The summed E-state index contributed by atoms with van der Waals surface area (Å²) in [6.45, 7) is 3.14. The summed E-state index contributed by atoms with van der Waals surface area (Å²) in [5.41, 5.74) is 1.29. The van der Waals surface area contributed by atoms with Gasteiger partial charge in [-0.25, -0.2) is 0 Å². The molecule has 0 saturated carbocycles. The number of hydrogen-bond donors (Lipinski definition) is 2. The minimum Gasteiger partial charge on any atom is -0.497 e. The van der Waals surface area contributed by atoms with Crippen molar-refractivity contribution in [2.45, 2.75) is 43.1 Å². The van der Waals surface area contributed by atoms with E-state index in [1.165, 1.54) is 4.90 Å². The third-order valence-electron chi connectivity index (χ3n) is 7.30. The topological polar surface area (TPSA) is 65.8 Å². The van der Waals surface area contributed by atoms with Gasteiger partial charge in [0.2, 0.25) is 0 Å². The van der Waals surface area contributed by atoms with Crippen LogP contribution in [0.25, 0.3) is 10.9 Å². The molecule has 0 amide bonds. The lowest BCUT2D eigenvalue weighted by molar-refractivity contribution is 0.0238. The Balaban J connectivity index is 1.29. The summed E-state index contributed by atoms with van der Waals surface area (Å²) in [5.74, 6) is 1.77. The van der Waals surface area contributed by atoms with Crippen LogP contribution in [0.3, 0.4) is 0 Å². The number of pyridine rings is 1. The lowest BCUT2D eigenvalue weighted by Gasteiger charge is -2.41. The van der Waals surface area contributed by atoms with E-state index in [0.717, 1.165) is 67.0 Å². The standard InChI is InChI=1S/C28H34Cl2N2O3S/c1-35-21-5-8-25-23(17-21)27(24(30)18-31-25)26(34)9-10-28(19-33)11-14-32(15-12-28)13-2-16-36-22-6-3-20(29)4-7-22/h3-8,17-18,26,33-34H,2,9-16,19H2,1H3. The molecule has 1 atom stereocenters. The van der Waals surface area contributed by atoms with Crippen LogP contribution in [0.1, 0.15) is 43.8 Å². The van der Waals surface area contributed by atoms with E-state index in [-0.39, 0.29) is 12.0 Å². The summed E-state index contributed by atoms with van der Waals surface area (Å²) < 4.78 is 5.36. The molecule has 0 spiro atoms. The number of aliphatic hydroxyl groups excluding tert-OH is 2. The van der Waals surface area contributed by atoms with Gasteiger partial charge < -0.3 is 19.8 Å². The van der Waals surface area contributed by atoms with E-state index in [1.54, 1.807) is 13.3 Å². The number of fused-ring (bicyclic) bond motifs is 1. The van der Waals surface area contributed by atoms with Crippen LogP contribution >= 0.6 is 35.0 Å². The van der Waals surface area contributed by atoms with E-state index in [9.17, 15) is 10.2 Å². The number of likely N-dealkylation sites (tertiary alicyclic amines) is 1. The summed E-state index contributed by atoms with van der Waals surface area (Å²) in [6.07, 6.45) is 5.12. The highest BCUT2D eigenvalue weighted by Crippen LogP contribution is 2.40. The van der Waals surface area contributed by atoms with Gasteiger partial charge in [-0.3, -0.25) is 4.98 Å². The molecule has 36 heavy (non-hydrogen) atoms. The molecular weight excluding hydrogens is 515 g/mol. The quantitative estimate of drug-likeness (QED) is 0.207. The zero-order chi connectivity index (χ0) is 25.5. The maximum absolute atomic E-state index is 11.2. The molecule has 0 bridgehead atoms. The number of benzene rings is 2. The van der Waals surface area contributed by atoms with Crippen LogP contribution < -0.4 is 4.74 Å². The zero-order valence-electron chi connectivity index (χ0n) is 20.6. The van der Waals surface area contributed by atoms with Crippen LogP contribution in [0, 0.1) is 5.41 Å². The van der Waals surface area contributed by atoms with Crippen LogP contribution in [0.4, 0.5) is 0 Å². The molecule has 2 heterocycles. The highest BCUT2D eigenvalue weighted by molar-refractivity contribution is 7.99. The zero-order valence-corrected chi connectivity index (χ0v) is 23.0. The van der Waals surface area contributed by atoms with Gasteiger partial charge in [0.15, 0.2) is 0 Å². The first-order chi connectivity index (χ1) is 17.4. The van der Waals surface area contributed by atoms with Crippen molar-refractivity contribution < 1.29 is 14.9 Å². The molecule has 1 aliphatic rings. The van der Waals surface area contributed by atoms with E-state index in [4.69, 9.17) is 27.9 Å². The van der Waals surface area contributed by atoms with Gasteiger partial charge in [-0.15, -0.1) is 11.8 Å². The Bertz CT molecular complexity index is 1140. The average molecular weight is 550 g/mol. The molecule has 5 nitrogen and oxygen atoms in total. The van der Waals surface area contributed by atoms with Crippen molar-refractivity contribution in [1.82, 2.24) is 9.88 Å². The molecule has 2 aromatic carbocycles. The normalized spacial score (nSPS) is 16.8. The second-order valence-electron chi connectivity index (χ2n) is 9.61. The molecule has 1 saturated heterocycles. The maximum atomic E-state index is 11.2. The number of thioether (sulfide) groups is 1. The maximum Gasteiger partial charge on any atom is 0.119 e. The van der Waals surface area contributed by atoms with Crippen LogP contribution in [-0.2, 0) is 0 Å². The molecule has 8 heteroatoms. The van der Waals surface area contributed by atoms with Crippen molar-refractivity contribution in [3.05, 3.63) is 64.3 Å². The fraction of sp³-hybridized carbons (Fsp3) is 0.464. The Morgan fingerprint density at radius 3 is 2.58 bits per heavy atom. The summed E-state index contributed by atoms with van der Waals surface area (Å²) in [4.78, 5) is 8.13. The van der Waals surface area contributed by atoms with E-state index in [0.29, 0.717) is 22.8 Å². The van der Waals surface area contributed by atoms with Gasteiger partial charge in [0.05, 0.1) is 23.8 Å². The fourth-order valence-electron chi connectivity index (χ4n) is 4.97.